The van der Waals surface area contributed by atoms with Crippen LogP contribution in [0.15, 0.2) is 84.3 Å². The molecule has 5 nitrogen and oxygen atoms in total. The van der Waals surface area contributed by atoms with Crippen molar-refractivity contribution in [1.29, 1.82) is 0 Å². The molecular formula is C29H31N5S. The Hall–Kier alpha value is -3.74. The number of allylic oxidation sites excluding steroid dienone is 5. The van der Waals surface area contributed by atoms with Crippen molar-refractivity contribution in [3.63, 3.8) is 0 Å². The van der Waals surface area contributed by atoms with Crippen molar-refractivity contribution < 1.29 is 0 Å². The third-order valence-corrected chi connectivity index (χ3v) is 6.61. The predicted octanol–water partition coefficient (Wildman–Crippen LogP) is 7.07. The van der Waals surface area contributed by atoms with E-state index in [1.165, 1.54) is 5.56 Å². The Kier molecular flexibility index (Phi) is 7.75. The van der Waals surface area contributed by atoms with Gasteiger partial charge in [0.05, 0.1) is 11.4 Å². The molecule has 0 unspecified atom stereocenters. The average Bonchev–Trinajstić information content (AvgIpc) is 3.62. The minimum absolute atomic E-state index is 0.688. The third-order valence-electron chi connectivity index (χ3n) is 5.93. The molecule has 0 saturated heterocycles. The van der Waals surface area contributed by atoms with Crippen LogP contribution in [-0.2, 0) is 0 Å². The lowest BCUT2D eigenvalue weighted by atomic mass is 9.99. The van der Waals surface area contributed by atoms with Crippen molar-refractivity contribution in [2.45, 2.75) is 20.8 Å². The van der Waals surface area contributed by atoms with E-state index in [1.807, 2.05) is 25.3 Å². The van der Waals surface area contributed by atoms with Gasteiger partial charge < -0.3 is 10.3 Å². The number of H-pyrrole nitrogens is 2. The molecule has 0 amide bonds. The van der Waals surface area contributed by atoms with Crippen LogP contribution in [0.5, 0.6) is 0 Å². The summed E-state index contributed by atoms with van der Waals surface area (Å²) in [6.07, 6.45) is 11.9. The Labute approximate surface area is 210 Å². The van der Waals surface area contributed by atoms with Gasteiger partial charge in [-0.05, 0) is 71.6 Å². The number of likely N-dealkylation sites (N-methyl/N-ethyl adjacent to an activating group) is 1. The van der Waals surface area contributed by atoms with Crippen LogP contribution in [0.4, 0.5) is 0 Å². The van der Waals surface area contributed by atoms with Crippen molar-refractivity contribution in [1.82, 2.24) is 25.5 Å². The van der Waals surface area contributed by atoms with Gasteiger partial charge in [-0.1, -0.05) is 50.5 Å². The molecule has 0 aromatic carbocycles. The molecule has 35 heavy (non-hydrogen) atoms. The predicted molar refractivity (Wildman–Crippen MR) is 150 cm³/mol. The molecule has 0 bridgehead atoms. The van der Waals surface area contributed by atoms with Crippen LogP contribution in [0.3, 0.4) is 0 Å². The van der Waals surface area contributed by atoms with E-state index >= 15 is 0 Å². The quantitative estimate of drug-likeness (QED) is 0.212. The van der Waals surface area contributed by atoms with E-state index in [0.29, 0.717) is 5.65 Å². The van der Waals surface area contributed by atoms with Crippen LogP contribution in [0.2, 0.25) is 0 Å². The summed E-state index contributed by atoms with van der Waals surface area (Å²) in [5, 5.41) is 16.2. The topological polar surface area (TPSA) is 69.4 Å². The number of aromatic nitrogens is 4. The fourth-order valence-corrected chi connectivity index (χ4v) is 4.75. The van der Waals surface area contributed by atoms with Gasteiger partial charge in [0.25, 0.3) is 0 Å². The Bertz CT molecular complexity index is 1430. The molecule has 6 heteroatoms. The first-order valence-corrected chi connectivity index (χ1v) is 12.6. The van der Waals surface area contributed by atoms with E-state index in [0.717, 1.165) is 63.4 Å². The van der Waals surface area contributed by atoms with Gasteiger partial charge in [-0.25, -0.2) is 4.98 Å². The van der Waals surface area contributed by atoms with Crippen LogP contribution in [0.1, 0.15) is 36.2 Å². The largest absolute Gasteiger partial charge is 0.357 e. The van der Waals surface area contributed by atoms with Crippen molar-refractivity contribution in [2.75, 3.05) is 13.1 Å². The molecule has 178 valence electrons. The molecule has 4 heterocycles. The Morgan fingerprint density at radius 3 is 2.77 bits per heavy atom. The first kappa shape index (κ1) is 24.4. The number of thiophene rings is 1. The lowest BCUT2D eigenvalue weighted by Gasteiger charge is -2.07. The zero-order chi connectivity index (χ0) is 24.8. The van der Waals surface area contributed by atoms with Crippen LogP contribution in [-0.4, -0.2) is 33.3 Å². The van der Waals surface area contributed by atoms with Gasteiger partial charge in [0.15, 0.2) is 5.65 Å². The number of aromatic amines is 2. The molecule has 3 N–H and O–H groups in total. The molecule has 4 aromatic heterocycles. The van der Waals surface area contributed by atoms with Crippen LogP contribution in [0, 0.1) is 6.92 Å². The Morgan fingerprint density at radius 2 is 2.09 bits per heavy atom. The van der Waals surface area contributed by atoms with Crippen LogP contribution in [0.25, 0.3) is 33.6 Å². The number of aryl methyl sites for hydroxylation is 1. The standard InChI is InChI=1S/C29H31N5S/c1-6-10-24(22-11-12-35-18-22)25-15-27(32-19(25)5)28-26-14-23(17-31-29(26)34-33-28)21(8-3)13-20(7-2)16-30-9-4/h6-8,10-15,17-18,30,32H,1-2,9,16H2,3-5H3,(H,31,33,34)/b20-13+,21-8+,24-10-. The lowest BCUT2D eigenvalue weighted by Crippen LogP contribution is -2.15. The van der Waals surface area contributed by atoms with Gasteiger partial charge in [0, 0.05) is 34.9 Å². The summed E-state index contributed by atoms with van der Waals surface area (Å²) in [4.78, 5) is 8.18. The molecule has 0 saturated carbocycles. The van der Waals surface area contributed by atoms with Crippen molar-refractivity contribution in [2.24, 2.45) is 0 Å². The van der Waals surface area contributed by atoms with Crippen LogP contribution < -0.4 is 5.32 Å². The highest BCUT2D eigenvalue weighted by Crippen LogP contribution is 2.34. The Morgan fingerprint density at radius 1 is 1.23 bits per heavy atom. The fraction of sp³-hybridized carbons (Fsp3) is 0.172. The molecule has 0 fully saturated rings. The average molecular weight is 482 g/mol. The fourth-order valence-electron chi connectivity index (χ4n) is 4.10. The molecule has 0 aliphatic heterocycles. The van der Waals surface area contributed by atoms with Gasteiger partial charge in [-0.2, -0.15) is 16.4 Å². The van der Waals surface area contributed by atoms with E-state index in [4.69, 9.17) is 0 Å². The number of rotatable bonds is 10. The maximum Gasteiger partial charge on any atom is 0.181 e. The normalized spacial score (nSPS) is 12.9. The number of pyridine rings is 1. The second-order valence-electron chi connectivity index (χ2n) is 8.19. The minimum Gasteiger partial charge on any atom is -0.357 e. The smallest absolute Gasteiger partial charge is 0.181 e. The molecule has 0 aliphatic rings. The summed E-state index contributed by atoms with van der Waals surface area (Å²) in [6.45, 7) is 15.8. The molecule has 0 aliphatic carbocycles. The monoisotopic (exact) mass is 481 g/mol. The third kappa shape index (κ3) is 5.19. The number of fused-ring (bicyclic) bond motifs is 1. The van der Waals surface area contributed by atoms with E-state index in [9.17, 15) is 0 Å². The maximum absolute atomic E-state index is 4.63. The molecular weight excluding hydrogens is 450 g/mol. The summed E-state index contributed by atoms with van der Waals surface area (Å²) in [6, 6.07) is 6.45. The Balaban J connectivity index is 1.76. The number of hydrogen-bond donors (Lipinski definition) is 3. The molecule has 4 aromatic rings. The van der Waals surface area contributed by atoms with Gasteiger partial charge in [-0.15, -0.1) is 0 Å². The van der Waals surface area contributed by atoms with E-state index in [2.05, 4.69) is 99.7 Å². The van der Waals surface area contributed by atoms with E-state index < -0.39 is 0 Å². The summed E-state index contributed by atoms with van der Waals surface area (Å²) in [7, 11) is 0. The van der Waals surface area contributed by atoms with Gasteiger partial charge >= 0.3 is 0 Å². The lowest BCUT2D eigenvalue weighted by molar-refractivity contribution is 0.785. The van der Waals surface area contributed by atoms with Crippen molar-refractivity contribution >= 4 is 33.5 Å². The summed E-state index contributed by atoms with van der Waals surface area (Å²) >= 11 is 1.69. The SMILES string of the molecule is C=C/C=C(/c1ccsc1)c1cc(-c2[nH]nc3ncc(C(/C=C(\C=C)CNCC)=C/C)cc23)[nH]c1C. The summed E-state index contributed by atoms with van der Waals surface area (Å²) in [5.74, 6) is 0. The second kappa shape index (κ2) is 11.1. The van der Waals surface area contributed by atoms with Crippen molar-refractivity contribution in [3.05, 3.63) is 107 Å². The van der Waals surface area contributed by atoms with E-state index in [-0.39, 0.29) is 0 Å². The van der Waals surface area contributed by atoms with E-state index in [1.54, 1.807) is 11.3 Å². The molecule has 0 atom stereocenters. The summed E-state index contributed by atoms with van der Waals surface area (Å²) in [5.41, 5.74) is 10.4. The first-order valence-electron chi connectivity index (χ1n) is 11.7. The first-order chi connectivity index (χ1) is 17.1. The highest BCUT2D eigenvalue weighted by molar-refractivity contribution is 7.08. The molecule has 4 rings (SSSR count). The van der Waals surface area contributed by atoms with Crippen LogP contribution >= 0.6 is 11.3 Å². The summed E-state index contributed by atoms with van der Waals surface area (Å²) < 4.78 is 0. The second-order valence-corrected chi connectivity index (χ2v) is 8.97. The minimum atomic E-state index is 0.688. The van der Waals surface area contributed by atoms with Crippen molar-refractivity contribution in [3.8, 4) is 11.4 Å². The number of nitrogens with zero attached hydrogens (tertiary/aromatic N) is 2. The number of hydrogen-bond acceptors (Lipinski definition) is 4. The molecule has 0 spiro atoms. The number of nitrogens with one attached hydrogen (secondary N) is 3. The highest BCUT2D eigenvalue weighted by atomic mass is 32.1. The van der Waals surface area contributed by atoms with Gasteiger partial charge in [-0.3, -0.25) is 5.10 Å². The maximum atomic E-state index is 4.63. The zero-order valence-electron chi connectivity index (χ0n) is 20.5. The molecule has 0 radical (unpaired) electrons. The van der Waals surface area contributed by atoms with Gasteiger partial charge in [0.2, 0.25) is 0 Å². The van der Waals surface area contributed by atoms with Gasteiger partial charge in [0.1, 0.15) is 0 Å². The zero-order valence-corrected chi connectivity index (χ0v) is 21.3. The highest BCUT2D eigenvalue weighted by Gasteiger charge is 2.17.